The second-order valence-corrected chi connectivity index (χ2v) is 3.93. The minimum absolute atomic E-state index is 0.000573. The molecule has 0 aliphatic carbocycles. The Hall–Kier alpha value is -3.14. The lowest BCUT2D eigenvalue weighted by atomic mass is 10.1. The van der Waals surface area contributed by atoms with Crippen LogP contribution in [0.25, 0.3) is 0 Å². The van der Waals surface area contributed by atoms with Crippen LogP contribution in [0.5, 0.6) is 0 Å². The van der Waals surface area contributed by atoms with Gasteiger partial charge in [-0.25, -0.2) is 4.39 Å². The number of hydrogen-bond donors (Lipinski definition) is 2. The second-order valence-electron chi connectivity index (χ2n) is 3.93. The Kier molecular flexibility index (Phi) is 3.48. The van der Waals surface area contributed by atoms with Crippen molar-refractivity contribution in [2.75, 3.05) is 11.1 Å². The number of rotatable bonds is 3. The first-order chi connectivity index (χ1) is 9.52. The molecule has 0 atom stereocenters. The molecule has 0 bridgehead atoms. The van der Waals surface area contributed by atoms with Crippen molar-refractivity contribution in [3.63, 3.8) is 0 Å². The third-order valence-electron chi connectivity index (χ3n) is 2.62. The zero-order valence-corrected chi connectivity index (χ0v) is 10.1. The Morgan fingerprint density at radius 3 is 2.70 bits per heavy atom. The van der Waals surface area contributed by atoms with E-state index in [1.54, 1.807) is 6.07 Å². The molecule has 0 fully saturated rings. The number of nitrogen functional groups attached to an aromatic ring is 1. The number of para-hydroxylation sites is 1. The highest BCUT2D eigenvalue weighted by Gasteiger charge is 2.18. The van der Waals surface area contributed by atoms with Crippen LogP contribution in [0.15, 0.2) is 36.4 Å². The number of nitrogens with two attached hydrogens (primary N) is 1. The maximum atomic E-state index is 13.0. The third kappa shape index (κ3) is 2.49. The van der Waals surface area contributed by atoms with Crippen LogP contribution in [0.4, 0.5) is 27.1 Å². The summed E-state index contributed by atoms with van der Waals surface area (Å²) >= 11 is 0. The zero-order chi connectivity index (χ0) is 14.7. The molecule has 2 aromatic carbocycles. The lowest BCUT2D eigenvalue weighted by Crippen LogP contribution is -2.02. The van der Waals surface area contributed by atoms with E-state index in [9.17, 15) is 14.5 Å². The van der Waals surface area contributed by atoms with Gasteiger partial charge in [0, 0.05) is 0 Å². The Morgan fingerprint density at radius 2 is 2.05 bits per heavy atom. The van der Waals surface area contributed by atoms with Crippen LogP contribution < -0.4 is 11.1 Å². The van der Waals surface area contributed by atoms with Crippen LogP contribution in [0.2, 0.25) is 0 Å². The van der Waals surface area contributed by atoms with Crippen molar-refractivity contribution in [3.05, 3.63) is 57.9 Å². The van der Waals surface area contributed by atoms with Crippen molar-refractivity contribution in [1.29, 1.82) is 5.26 Å². The minimum Gasteiger partial charge on any atom is -0.393 e. The zero-order valence-electron chi connectivity index (χ0n) is 10.1. The van der Waals surface area contributed by atoms with E-state index >= 15 is 0 Å². The molecule has 0 aliphatic heterocycles. The van der Waals surface area contributed by atoms with Gasteiger partial charge in [0.15, 0.2) is 0 Å². The summed E-state index contributed by atoms with van der Waals surface area (Å²) in [6.07, 6.45) is 0. The molecule has 3 N–H and O–H groups in total. The number of nitrogens with zero attached hydrogens (tertiary/aromatic N) is 2. The number of nitrogens with one attached hydrogen (secondary N) is 1. The Bertz CT molecular complexity index is 725. The summed E-state index contributed by atoms with van der Waals surface area (Å²) in [6.45, 7) is 0. The maximum absolute atomic E-state index is 13.0. The van der Waals surface area contributed by atoms with Crippen molar-refractivity contribution in [2.45, 2.75) is 0 Å². The molecule has 0 heterocycles. The van der Waals surface area contributed by atoms with Crippen LogP contribution in [0, 0.1) is 27.3 Å². The summed E-state index contributed by atoms with van der Waals surface area (Å²) in [6, 6.07) is 9.75. The van der Waals surface area contributed by atoms with Crippen LogP contribution in [-0.2, 0) is 0 Å². The van der Waals surface area contributed by atoms with Gasteiger partial charge in [0.1, 0.15) is 23.3 Å². The van der Waals surface area contributed by atoms with Crippen molar-refractivity contribution < 1.29 is 9.31 Å². The van der Waals surface area contributed by atoms with E-state index in [4.69, 9.17) is 11.0 Å². The highest BCUT2D eigenvalue weighted by molar-refractivity contribution is 5.79. The van der Waals surface area contributed by atoms with Gasteiger partial charge < -0.3 is 11.1 Å². The first-order valence-electron chi connectivity index (χ1n) is 5.52. The average molecular weight is 272 g/mol. The molecule has 2 rings (SSSR count). The van der Waals surface area contributed by atoms with Crippen molar-refractivity contribution in [2.24, 2.45) is 0 Å². The van der Waals surface area contributed by atoms with Gasteiger partial charge in [-0.1, -0.05) is 6.07 Å². The third-order valence-corrected chi connectivity index (χ3v) is 2.62. The summed E-state index contributed by atoms with van der Waals surface area (Å²) in [4.78, 5) is 10.4. The van der Waals surface area contributed by atoms with E-state index in [1.165, 1.54) is 18.2 Å². The van der Waals surface area contributed by atoms with Crippen LogP contribution in [-0.4, -0.2) is 4.92 Å². The van der Waals surface area contributed by atoms with Crippen molar-refractivity contribution in [3.8, 4) is 6.07 Å². The quantitative estimate of drug-likeness (QED) is 0.507. The molecule has 7 heteroatoms. The fourth-order valence-corrected chi connectivity index (χ4v) is 1.73. The molecular weight excluding hydrogens is 263 g/mol. The number of hydrogen-bond acceptors (Lipinski definition) is 5. The number of benzene rings is 2. The number of nitro groups is 1. The number of nitriles is 1. The summed E-state index contributed by atoms with van der Waals surface area (Å²) in [5.41, 5.74) is 5.72. The molecule has 2 aromatic rings. The molecule has 0 radical (unpaired) electrons. The number of nitro benzene ring substituents is 1. The largest absolute Gasteiger partial charge is 0.393 e. The van der Waals surface area contributed by atoms with E-state index in [0.29, 0.717) is 0 Å². The van der Waals surface area contributed by atoms with E-state index in [-0.39, 0.29) is 28.3 Å². The first kappa shape index (κ1) is 13.3. The molecule has 0 unspecified atom stereocenters. The second kappa shape index (κ2) is 5.24. The molecule has 6 nitrogen and oxygen atoms in total. The van der Waals surface area contributed by atoms with Gasteiger partial charge in [0.2, 0.25) is 0 Å². The molecular formula is C13H9FN4O2. The lowest BCUT2D eigenvalue weighted by Gasteiger charge is -2.09. The van der Waals surface area contributed by atoms with Gasteiger partial charge in [0.25, 0.3) is 0 Å². The Labute approximate surface area is 113 Å². The van der Waals surface area contributed by atoms with Crippen LogP contribution >= 0.6 is 0 Å². The van der Waals surface area contributed by atoms with E-state index < -0.39 is 10.7 Å². The molecule has 0 aliphatic rings. The Morgan fingerprint density at radius 1 is 1.30 bits per heavy atom. The maximum Gasteiger partial charge on any atom is 0.315 e. The Balaban J connectivity index is 2.49. The normalized spacial score (nSPS) is 9.80. The van der Waals surface area contributed by atoms with E-state index in [0.717, 1.165) is 12.1 Å². The van der Waals surface area contributed by atoms with Gasteiger partial charge in [-0.2, -0.15) is 5.26 Å². The van der Waals surface area contributed by atoms with Crippen LogP contribution in [0.3, 0.4) is 0 Å². The molecule has 0 saturated carbocycles. The SMILES string of the molecule is N#Cc1cc(F)ccc1Nc1cccc(N)c1[N+](=O)[O-]. The predicted molar refractivity (Wildman–Crippen MR) is 71.9 cm³/mol. The molecule has 100 valence electrons. The monoisotopic (exact) mass is 272 g/mol. The lowest BCUT2D eigenvalue weighted by molar-refractivity contribution is -0.383. The fourth-order valence-electron chi connectivity index (χ4n) is 1.73. The molecule has 0 spiro atoms. The molecule has 20 heavy (non-hydrogen) atoms. The van der Waals surface area contributed by atoms with Crippen molar-refractivity contribution >= 4 is 22.7 Å². The topological polar surface area (TPSA) is 105 Å². The molecule has 0 aromatic heterocycles. The smallest absolute Gasteiger partial charge is 0.315 e. The number of anilines is 3. The molecule has 0 amide bonds. The summed E-state index contributed by atoms with van der Waals surface area (Å²) < 4.78 is 13.0. The predicted octanol–water partition coefficient (Wildman–Crippen LogP) is 2.93. The van der Waals surface area contributed by atoms with Crippen molar-refractivity contribution in [1.82, 2.24) is 0 Å². The summed E-state index contributed by atoms with van der Waals surface area (Å²) in [5.74, 6) is -0.561. The fraction of sp³-hybridized carbons (Fsp3) is 0. The minimum atomic E-state index is -0.618. The standard InChI is InChI=1S/C13H9FN4O2/c14-9-4-5-11(8(6-9)7-15)17-12-3-1-2-10(16)13(12)18(19)20/h1-6,17H,16H2. The van der Waals surface area contributed by atoms with E-state index in [2.05, 4.69) is 5.32 Å². The highest BCUT2D eigenvalue weighted by atomic mass is 19.1. The molecule has 0 saturated heterocycles. The highest BCUT2D eigenvalue weighted by Crippen LogP contribution is 2.33. The van der Waals surface area contributed by atoms with Gasteiger partial charge in [-0.05, 0) is 30.3 Å². The average Bonchev–Trinajstić information content (AvgIpc) is 2.40. The first-order valence-corrected chi connectivity index (χ1v) is 5.52. The van der Waals surface area contributed by atoms with Gasteiger partial charge in [-0.3, -0.25) is 10.1 Å². The number of halogens is 1. The van der Waals surface area contributed by atoms with Crippen LogP contribution in [0.1, 0.15) is 5.56 Å². The van der Waals surface area contributed by atoms with Gasteiger partial charge >= 0.3 is 5.69 Å². The summed E-state index contributed by atoms with van der Waals surface area (Å²) in [5, 5.41) is 22.7. The van der Waals surface area contributed by atoms with E-state index in [1.807, 2.05) is 6.07 Å². The van der Waals surface area contributed by atoms with Gasteiger partial charge in [0.05, 0.1) is 16.2 Å². The van der Waals surface area contributed by atoms with Gasteiger partial charge in [-0.15, -0.1) is 0 Å². The summed E-state index contributed by atoms with van der Waals surface area (Å²) in [7, 11) is 0.